The van der Waals surface area contributed by atoms with E-state index in [0.29, 0.717) is 11.3 Å². The van der Waals surface area contributed by atoms with Gasteiger partial charge in [0.2, 0.25) is 0 Å². The number of hydrazine groups is 1. The van der Waals surface area contributed by atoms with E-state index in [1.165, 1.54) is 24.3 Å². The van der Waals surface area contributed by atoms with Gasteiger partial charge in [0.05, 0.1) is 0 Å². The van der Waals surface area contributed by atoms with Crippen molar-refractivity contribution in [3.8, 4) is 5.75 Å². The molecule has 0 saturated heterocycles. The van der Waals surface area contributed by atoms with Crippen LogP contribution in [0.15, 0.2) is 48.5 Å². The quantitative estimate of drug-likeness (QED) is 0.648. The topological polar surface area (TPSA) is 67.4 Å². The third-order valence-corrected chi connectivity index (χ3v) is 3.30. The summed E-state index contributed by atoms with van der Waals surface area (Å²) < 4.78 is 18.4. The second kappa shape index (κ2) is 8.63. The van der Waals surface area contributed by atoms with Gasteiger partial charge in [-0.1, -0.05) is 24.3 Å². The lowest BCUT2D eigenvalue weighted by molar-refractivity contribution is -0.128. The predicted molar refractivity (Wildman–Crippen MR) is 93.1 cm³/mol. The molecule has 0 aliphatic rings. The summed E-state index contributed by atoms with van der Waals surface area (Å²) in [6.07, 6.45) is 2.64. The van der Waals surface area contributed by atoms with Crippen LogP contribution >= 0.6 is 0 Å². The molecule has 0 unspecified atom stereocenters. The van der Waals surface area contributed by atoms with Crippen LogP contribution in [-0.4, -0.2) is 18.4 Å². The smallest absolute Gasteiger partial charge is 0.276 e. The lowest BCUT2D eigenvalue weighted by Gasteiger charge is -2.10. The number of halogens is 1. The third kappa shape index (κ3) is 6.10. The van der Waals surface area contributed by atoms with Gasteiger partial charge in [0, 0.05) is 6.08 Å². The first-order valence-corrected chi connectivity index (χ1v) is 7.66. The minimum Gasteiger partial charge on any atom is -0.483 e. The summed E-state index contributed by atoms with van der Waals surface area (Å²) in [4.78, 5) is 23.3. The van der Waals surface area contributed by atoms with Crippen molar-refractivity contribution in [1.82, 2.24) is 10.9 Å². The maximum Gasteiger partial charge on any atom is 0.276 e. The van der Waals surface area contributed by atoms with E-state index in [2.05, 4.69) is 10.9 Å². The molecule has 5 nitrogen and oxygen atoms in total. The summed E-state index contributed by atoms with van der Waals surface area (Å²) in [5, 5.41) is 0. The molecule has 0 atom stereocenters. The summed E-state index contributed by atoms with van der Waals surface area (Å²) in [7, 11) is 0. The van der Waals surface area contributed by atoms with Gasteiger partial charge in [-0.05, 0) is 54.8 Å². The van der Waals surface area contributed by atoms with E-state index in [1.54, 1.807) is 12.1 Å². The lowest BCUT2D eigenvalue weighted by Crippen LogP contribution is -2.43. The van der Waals surface area contributed by atoms with Crippen LogP contribution in [0.2, 0.25) is 0 Å². The zero-order valence-electron chi connectivity index (χ0n) is 14.0. The summed E-state index contributed by atoms with van der Waals surface area (Å²) >= 11 is 0. The van der Waals surface area contributed by atoms with Crippen molar-refractivity contribution in [2.75, 3.05) is 6.61 Å². The zero-order chi connectivity index (χ0) is 18.2. The van der Waals surface area contributed by atoms with Gasteiger partial charge in [-0.25, -0.2) is 4.39 Å². The highest BCUT2D eigenvalue weighted by Crippen LogP contribution is 2.18. The summed E-state index contributed by atoms with van der Waals surface area (Å²) in [5.74, 6) is -0.801. The van der Waals surface area contributed by atoms with Crippen LogP contribution in [0.4, 0.5) is 4.39 Å². The number of rotatable bonds is 5. The Labute approximate surface area is 145 Å². The van der Waals surface area contributed by atoms with Crippen molar-refractivity contribution >= 4 is 17.9 Å². The number of carbonyl (C=O) groups is 2. The first-order chi connectivity index (χ1) is 11.9. The van der Waals surface area contributed by atoms with Gasteiger partial charge in [0.15, 0.2) is 6.61 Å². The number of ether oxygens (including phenoxy) is 1. The standard InChI is InChI=1S/C19H19FN2O3/c1-13-6-7-14(2)17(10-13)25-12-19(24)22-21-18(23)9-8-15-4-3-5-16(20)11-15/h3-11H,12H2,1-2H3,(H,21,23)(H,22,24)/b9-8+. The zero-order valence-corrected chi connectivity index (χ0v) is 14.0. The Balaban J connectivity index is 1.77. The van der Waals surface area contributed by atoms with Crippen LogP contribution in [0.5, 0.6) is 5.75 Å². The van der Waals surface area contributed by atoms with Crippen molar-refractivity contribution in [2.45, 2.75) is 13.8 Å². The number of benzene rings is 2. The van der Waals surface area contributed by atoms with Crippen LogP contribution in [-0.2, 0) is 9.59 Å². The maximum atomic E-state index is 13.0. The van der Waals surface area contributed by atoms with Gasteiger partial charge >= 0.3 is 0 Å². The minimum atomic E-state index is -0.538. The first kappa shape index (κ1) is 18.2. The molecule has 0 heterocycles. The van der Waals surface area contributed by atoms with E-state index in [0.717, 1.165) is 11.1 Å². The molecule has 2 aromatic rings. The van der Waals surface area contributed by atoms with Crippen LogP contribution < -0.4 is 15.6 Å². The Kier molecular flexibility index (Phi) is 6.28. The predicted octanol–water partition coefficient (Wildman–Crippen LogP) is 2.68. The van der Waals surface area contributed by atoms with E-state index in [1.807, 2.05) is 32.0 Å². The average molecular weight is 342 g/mol. The molecule has 0 aromatic heterocycles. The molecular weight excluding hydrogens is 323 g/mol. The van der Waals surface area contributed by atoms with Crippen LogP contribution in [0.1, 0.15) is 16.7 Å². The van der Waals surface area contributed by atoms with Crippen LogP contribution in [0.25, 0.3) is 6.08 Å². The molecule has 6 heteroatoms. The molecule has 2 N–H and O–H groups in total. The van der Waals surface area contributed by atoms with Crippen LogP contribution in [0.3, 0.4) is 0 Å². The fraction of sp³-hybridized carbons (Fsp3) is 0.158. The third-order valence-electron chi connectivity index (χ3n) is 3.30. The highest BCUT2D eigenvalue weighted by atomic mass is 19.1. The van der Waals surface area contributed by atoms with E-state index < -0.39 is 11.8 Å². The summed E-state index contributed by atoms with van der Waals surface area (Å²) in [6, 6.07) is 11.5. The van der Waals surface area contributed by atoms with Gasteiger partial charge in [0.25, 0.3) is 11.8 Å². The van der Waals surface area contributed by atoms with E-state index >= 15 is 0 Å². The SMILES string of the molecule is Cc1ccc(C)c(OCC(=O)NNC(=O)/C=C/c2cccc(F)c2)c1. The molecule has 0 saturated carbocycles. The fourth-order valence-corrected chi connectivity index (χ4v) is 2.00. The summed E-state index contributed by atoms with van der Waals surface area (Å²) in [5.41, 5.74) is 6.96. The normalized spacial score (nSPS) is 10.5. The van der Waals surface area contributed by atoms with Gasteiger partial charge < -0.3 is 4.74 Å². The highest BCUT2D eigenvalue weighted by Gasteiger charge is 2.06. The van der Waals surface area contributed by atoms with Crippen molar-refractivity contribution in [3.05, 3.63) is 71.0 Å². The molecule has 0 fully saturated rings. The minimum absolute atomic E-state index is 0.224. The number of carbonyl (C=O) groups excluding carboxylic acids is 2. The van der Waals surface area contributed by atoms with Gasteiger partial charge in [-0.15, -0.1) is 0 Å². The Morgan fingerprint density at radius 3 is 2.68 bits per heavy atom. The first-order valence-electron chi connectivity index (χ1n) is 7.66. The molecule has 2 rings (SSSR count). The largest absolute Gasteiger partial charge is 0.483 e. The number of amides is 2. The Bertz CT molecular complexity index is 803. The van der Waals surface area contributed by atoms with E-state index in [9.17, 15) is 14.0 Å². The Morgan fingerprint density at radius 2 is 1.92 bits per heavy atom. The second-order valence-electron chi connectivity index (χ2n) is 5.48. The fourth-order valence-electron chi connectivity index (χ4n) is 2.00. The number of hydrogen-bond donors (Lipinski definition) is 2. The summed E-state index contributed by atoms with van der Waals surface area (Å²) in [6.45, 7) is 3.58. The monoisotopic (exact) mass is 342 g/mol. The number of aryl methyl sites for hydroxylation is 2. The molecule has 2 amide bonds. The van der Waals surface area contributed by atoms with Gasteiger partial charge in [0.1, 0.15) is 11.6 Å². The highest BCUT2D eigenvalue weighted by molar-refractivity contribution is 5.93. The van der Waals surface area contributed by atoms with Crippen molar-refractivity contribution in [1.29, 1.82) is 0 Å². The van der Waals surface area contributed by atoms with Crippen molar-refractivity contribution in [2.24, 2.45) is 0 Å². The molecule has 25 heavy (non-hydrogen) atoms. The molecule has 0 spiro atoms. The van der Waals surface area contributed by atoms with Gasteiger partial charge in [-0.2, -0.15) is 0 Å². The lowest BCUT2D eigenvalue weighted by atomic mass is 10.1. The Hall–Kier alpha value is -3.15. The molecule has 0 bridgehead atoms. The second-order valence-corrected chi connectivity index (χ2v) is 5.48. The van der Waals surface area contributed by atoms with E-state index in [4.69, 9.17) is 4.74 Å². The maximum absolute atomic E-state index is 13.0. The van der Waals surface area contributed by atoms with E-state index in [-0.39, 0.29) is 12.4 Å². The number of nitrogens with one attached hydrogen (secondary N) is 2. The molecule has 0 aliphatic carbocycles. The Morgan fingerprint density at radius 1 is 1.12 bits per heavy atom. The molecule has 0 aliphatic heterocycles. The average Bonchev–Trinajstić information content (AvgIpc) is 2.59. The molecular formula is C19H19FN2O3. The molecule has 2 aromatic carbocycles. The molecule has 130 valence electrons. The van der Waals surface area contributed by atoms with Crippen LogP contribution in [0, 0.1) is 19.7 Å². The number of hydrogen-bond acceptors (Lipinski definition) is 3. The molecule has 0 radical (unpaired) electrons. The van der Waals surface area contributed by atoms with Gasteiger partial charge in [-0.3, -0.25) is 20.4 Å². The van der Waals surface area contributed by atoms with Crippen molar-refractivity contribution in [3.63, 3.8) is 0 Å². The van der Waals surface area contributed by atoms with Crippen molar-refractivity contribution < 1.29 is 18.7 Å².